The number of aliphatic hydroxyl groups excluding tert-OH is 4. The third-order valence-corrected chi connectivity index (χ3v) is 28.7. The molecule has 17 aromatic rings. The third-order valence-electron chi connectivity index (χ3n) is 26.0. The fourth-order valence-corrected chi connectivity index (χ4v) is 20.8. The van der Waals surface area contributed by atoms with Gasteiger partial charge < -0.3 is 95.2 Å². The monoisotopic (exact) mass is 1950 g/mol. The zero-order chi connectivity index (χ0) is 95.2. The van der Waals surface area contributed by atoms with Gasteiger partial charge in [0.25, 0.3) is 11.8 Å². The molecule has 22 rings (SSSR count). The van der Waals surface area contributed by atoms with Gasteiger partial charge in [0.2, 0.25) is 23.5 Å². The standard InChI is InChI=1S/C29H29N3O3S.C28H31N3O5.C27H29N3O4S.C23H23Cl2N3O4/c1-19-30-31-29(36-19)28-16-25-26(7-4-8-27(25)35-28)34-18-24(33)17-32-13-11-21(12-14-32)23-10-9-20-5-2-3-6-22(20)15-23;1-18-29-30-28(35-18)27-15-23-24(5-2-6-25(23)36-27)34-17-22(32)16-31-11-9-19(10-12-31)21-8-7-20-4-3-13-33-26(20)14-21;1-17-28-29-27(33-17)25-14-22-23(3-2-4-24(22)34-25)32-16-21(31)15-30-10-7-18(8-11-30)20-6-5-19-9-12-35-26(19)13-20;1-14-27-23(28-32-14)22-11-17-20(5-2-6-21(17)31-22)30-13-16(29)12-26-9-3-4-15-7-8-18(24)19(25)10-15/h2-10,15-16,21,24,33H,11-14,17-18H2,1H3;2,5-8,14-15,19,22,32H,3-4,9-13,16-17H2,1H3;2-6,13-14,18,21,31H,7-12,15-16H2,1H3;2,5-8,10-11,16,26,29H,3-4,9,12-13H2,1H3/t24-;22-;21-;16-/m0000/s1. The molecule has 0 amide bonds. The van der Waals surface area contributed by atoms with Crippen LogP contribution < -0.4 is 29.0 Å². The minimum Gasteiger partial charge on any atom is -0.493 e. The Morgan fingerprint density at radius 2 is 0.935 bits per heavy atom. The summed E-state index contributed by atoms with van der Waals surface area (Å²) in [7, 11) is 0. The third kappa shape index (κ3) is 24.4. The van der Waals surface area contributed by atoms with Crippen molar-refractivity contribution < 1.29 is 75.1 Å². The number of halogens is 2. The molecule has 5 aliphatic rings. The zero-order valence-corrected chi connectivity index (χ0v) is 81.1. The second kappa shape index (κ2) is 45.1. The number of nitrogens with one attached hydrogen (secondary N) is 1. The van der Waals surface area contributed by atoms with Crippen LogP contribution in [0.4, 0.5) is 0 Å². The highest BCUT2D eigenvalue weighted by Gasteiger charge is 2.30. The molecule has 0 saturated carbocycles. The van der Waals surface area contributed by atoms with Crippen molar-refractivity contribution in [1.82, 2.24) is 60.7 Å². The van der Waals surface area contributed by atoms with Crippen LogP contribution in [0.25, 0.3) is 100 Å². The van der Waals surface area contributed by atoms with E-state index in [-0.39, 0.29) is 26.4 Å². The fraction of sp³-hybridized carbons (Fsp3) is 0.364. The average molecular weight is 1960 g/mol. The van der Waals surface area contributed by atoms with Crippen molar-refractivity contribution >= 4 is 101 Å². The maximum atomic E-state index is 10.7. The molecular weight excluding hydrogens is 1840 g/mol. The van der Waals surface area contributed by atoms with E-state index in [4.69, 9.17) is 77.9 Å². The number of thioether (sulfide) groups is 1. The SMILES string of the molecule is Cc1nc(-c2cc3c(OC[C@@H](O)CNCCCc4ccc(Cl)c(Cl)c4)cccc3o2)no1.Cc1nnc(-c2cc3c(OC[C@@H](O)CN4CCC(c5ccc6c(c5)OCCC6)CC4)cccc3o2)o1.Cc1nnc(-c2cc3c(OC[C@@H](O)CN4CCC(c5ccc6c(c5)SCC6)CC4)cccc3o2)o1.Cc1nnc(-c2cc3c(OC[C@@H](O)CN4CCC(c5ccc6ccccc6c5)CC4)cccc3o2)s1. The predicted molar refractivity (Wildman–Crippen MR) is 537 cm³/mol. The first kappa shape index (κ1) is 95.9. The summed E-state index contributed by atoms with van der Waals surface area (Å²) in [6.07, 6.45) is 9.48. The second-order valence-electron chi connectivity index (χ2n) is 36.2. The minimum atomic E-state index is -0.651. The van der Waals surface area contributed by atoms with Crippen molar-refractivity contribution in [2.75, 3.05) is 111 Å². The van der Waals surface area contributed by atoms with E-state index in [0.29, 0.717) is 152 Å². The van der Waals surface area contributed by atoms with Crippen molar-refractivity contribution in [2.45, 2.75) is 145 Å². The number of rotatable bonds is 31. The summed E-state index contributed by atoms with van der Waals surface area (Å²) < 4.78 is 69.2. The van der Waals surface area contributed by atoms with Crippen LogP contribution in [-0.2, 0) is 19.3 Å². The van der Waals surface area contributed by atoms with Crippen LogP contribution in [0, 0.1) is 27.7 Å². The van der Waals surface area contributed by atoms with Gasteiger partial charge in [0.1, 0.15) is 107 Å². The van der Waals surface area contributed by atoms with E-state index in [2.05, 4.69) is 140 Å². The van der Waals surface area contributed by atoms with Gasteiger partial charge in [-0.15, -0.1) is 42.4 Å². The summed E-state index contributed by atoms with van der Waals surface area (Å²) in [5, 5.41) is 82.2. The molecule has 3 saturated heterocycles. The maximum Gasteiger partial charge on any atom is 0.283 e. The van der Waals surface area contributed by atoms with Crippen molar-refractivity contribution in [2.24, 2.45) is 0 Å². The van der Waals surface area contributed by atoms with Gasteiger partial charge in [-0.25, -0.2) is 0 Å². The van der Waals surface area contributed by atoms with Crippen LogP contribution in [0.5, 0.6) is 28.7 Å². The van der Waals surface area contributed by atoms with E-state index >= 15 is 0 Å². The molecule has 9 aromatic carbocycles. The molecule has 0 bridgehead atoms. The van der Waals surface area contributed by atoms with E-state index in [0.717, 1.165) is 165 Å². The number of likely N-dealkylation sites (tertiary alicyclic amines) is 3. The van der Waals surface area contributed by atoms with Crippen molar-refractivity contribution in [1.29, 1.82) is 0 Å². The first-order chi connectivity index (χ1) is 67.8. The smallest absolute Gasteiger partial charge is 0.283 e. The number of benzene rings is 9. The first-order valence-corrected chi connectivity index (χ1v) is 50.3. The fourth-order valence-electron chi connectivity index (χ4n) is 18.7. The Morgan fingerprint density at radius 3 is 1.45 bits per heavy atom. The van der Waals surface area contributed by atoms with E-state index in [1.54, 1.807) is 26.8 Å². The van der Waals surface area contributed by atoms with E-state index < -0.39 is 24.4 Å². The van der Waals surface area contributed by atoms with E-state index in [9.17, 15) is 20.4 Å². The summed E-state index contributed by atoms with van der Waals surface area (Å²) in [6, 6.07) is 64.8. The molecule has 139 heavy (non-hydrogen) atoms. The molecule has 8 aromatic heterocycles. The number of aliphatic hydroxyl groups is 4. The highest BCUT2D eigenvalue weighted by molar-refractivity contribution is 7.99. The zero-order valence-electron chi connectivity index (χ0n) is 78.0. The first-order valence-electron chi connectivity index (χ1n) is 47.7. The number of piperidine rings is 3. The summed E-state index contributed by atoms with van der Waals surface area (Å²) in [5.41, 5.74) is 11.0. The molecule has 0 unspecified atom stereocenters. The Kier molecular flexibility index (Phi) is 31.1. The molecule has 28 nitrogen and oxygen atoms in total. The lowest BCUT2D eigenvalue weighted by molar-refractivity contribution is 0.0598. The Hall–Kier alpha value is -12.0. The van der Waals surface area contributed by atoms with Crippen molar-refractivity contribution in [3.05, 3.63) is 260 Å². The lowest BCUT2D eigenvalue weighted by Gasteiger charge is -2.33. The molecule has 5 aliphatic heterocycles. The molecule has 0 radical (unpaired) electrons. The summed E-state index contributed by atoms with van der Waals surface area (Å²) >= 11 is 15.5. The van der Waals surface area contributed by atoms with Gasteiger partial charge in [-0.1, -0.05) is 137 Å². The second-order valence-corrected chi connectivity index (χ2v) is 39.3. The molecule has 0 aliphatic carbocycles. The van der Waals surface area contributed by atoms with Gasteiger partial charge in [-0.05, 0) is 270 Å². The lowest BCUT2D eigenvalue weighted by Crippen LogP contribution is -2.40. The topological polar surface area (TPSA) is 344 Å². The Labute approximate surface area is 822 Å². The van der Waals surface area contributed by atoms with Crippen molar-refractivity contribution in [3.63, 3.8) is 0 Å². The molecular formula is C107H112Cl2N12O16S2. The summed E-state index contributed by atoms with van der Waals surface area (Å²) in [6.45, 7) is 17.7. The van der Waals surface area contributed by atoms with Gasteiger partial charge in [0.15, 0.2) is 28.0 Å². The Bertz CT molecular complexity index is 6990. The number of hydrogen-bond acceptors (Lipinski definition) is 30. The maximum absolute atomic E-state index is 10.7. The van der Waals surface area contributed by atoms with Gasteiger partial charge in [0, 0.05) is 69.7 Å². The van der Waals surface area contributed by atoms with Gasteiger partial charge in [0.05, 0.1) is 38.2 Å². The minimum absolute atomic E-state index is 0.154. The normalized spacial score (nSPS) is 16.0. The number of fused-ring (bicyclic) bond motifs is 7. The van der Waals surface area contributed by atoms with Gasteiger partial charge in [-0.2, -0.15) is 4.98 Å². The summed E-state index contributed by atoms with van der Waals surface area (Å²) in [4.78, 5) is 12.7. The average Bonchev–Trinajstić information content (AvgIpc) is 1.62. The van der Waals surface area contributed by atoms with Crippen LogP contribution in [0.3, 0.4) is 0 Å². The number of ether oxygens (including phenoxy) is 5. The number of furan rings is 4. The number of aromatic nitrogens is 8. The largest absolute Gasteiger partial charge is 0.493 e. The quantitative estimate of drug-likeness (QED) is 0.0252. The Balaban J connectivity index is 0.000000118. The van der Waals surface area contributed by atoms with Crippen LogP contribution in [0.1, 0.15) is 125 Å². The molecule has 13 heterocycles. The van der Waals surface area contributed by atoms with Crippen LogP contribution in [0.2, 0.25) is 10.0 Å². The van der Waals surface area contributed by atoms with Crippen LogP contribution in [-0.4, -0.2) is 211 Å². The molecule has 5 N–H and O–H groups in total. The number of hydrogen-bond donors (Lipinski definition) is 5. The highest BCUT2D eigenvalue weighted by atomic mass is 35.5. The Morgan fingerprint density at radius 1 is 0.446 bits per heavy atom. The van der Waals surface area contributed by atoms with Gasteiger partial charge in [-0.3, -0.25) is 0 Å². The van der Waals surface area contributed by atoms with Crippen molar-refractivity contribution in [3.8, 4) is 74.4 Å². The van der Waals surface area contributed by atoms with Crippen LogP contribution >= 0.6 is 46.3 Å². The van der Waals surface area contributed by atoms with E-state index in [1.165, 1.54) is 67.0 Å². The van der Waals surface area contributed by atoms with Gasteiger partial charge >= 0.3 is 0 Å². The van der Waals surface area contributed by atoms with Crippen LogP contribution in [0.15, 0.2) is 230 Å². The molecule has 4 atom stereocenters. The number of β-amino-alcohol motifs (C(OH)–C–C–N with tert-alkyl or cyclic N) is 3. The molecule has 722 valence electrons. The molecule has 0 spiro atoms. The molecule has 3 fully saturated rings. The summed E-state index contributed by atoms with van der Waals surface area (Å²) in [5.74, 6) is 11.3. The highest BCUT2D eigenvalue weighted by Crippen LogP contribution is 2.43. The van der Waals surface area contributed by atoms with E-state index in [1.807, 2.05) is 128 Å². The number of aryl methyl sites for hydroxylation is 7. The lowest BCUT2D eigenvalue weighted by atomic mass is 9.88. The number of nitrogens with zero attached hydrogens (tertiary/aromatic N) is 11. The predicted octanol–water partition coefficient (Wildman–Crippen LogP) is 20.9. The molecule has 32 heteroatoms.